The summed E-state index contributed by atoms with van der Waals surface area (Å²) in [6.45, 7) is 0. The van der Waals surface area contributed by atoms with Gasteiger partial charge < -0.3 is 11.5 Å². The van der Waals surface area contributed by atoms with Gasteiger partial charge in [-0.15, -0.1) is 0 Å². The molecule has 2 nitrogen and oxygen atoms in total. The predicted octanol–water partition coefficient (Wildman–Crippen LogP) is 1.47. The summed E-state index contributed by atoms with van der Waals surface area (Å²) in [6, 6.07) is 12.4. The first-order valence-electron chi connectivity index (χ1n) is 4.77. The van der Waals surface area contributed by atoms with Crippen molar-refractivity contribution in [2.45, 2.75) is 12.1 Å². The molecule has 0 atom stereocenters. The molecule has 0 aliphatic heterocycles. The first kappa shape index (κ1) is 7.97. The van der Waals surface area contributed by atoms with Crippen LogP contribution in [0.2, 0.25) is 0 Å². The maximum Gasteiger partial charge on any atom is 0.0947 e. The van der Waals surface area contributed by atoms with Crippen LogP contribution in [-0.2, 0) is 12.1 Å². The van der Waals surface area contributed by atoms with Crippen LogP contribution in [0.15, 0.2) is 36.4 Å². The third-order valence-corrected chi connectivity index (χ3v) is 2.98. The Balaban J connectivity index is 2.50. The predicted molar refractivity (Wildman–Crippen MR) is 57.7 cm³/mol. The van der Waals surface area contributed by atoms with E-state index in [-0.39, 0.29) is 0 Å². The molecule has 0 bridgehead atoms. The van der Waals surface area contributed by atoms with Gasteiger partial charge in [0.1, 0.15) is 0 Å². The van der Waals surface area contributed by atoms with Gasteiger partial charge in [-0.1, -0.05) is 36.4 Å². The Morgan fingerprint density at radius 3 is 2.50 bits per heavy atom. The second-order valence-electron chi connectivity index (χ2n) is 4.04. The molecule has 0 unspecified atom stereocenters. The maximum absolute atomic E-state index is 6.06. The Morgan fingerprint density at radius 2 is 1.71 bits per heavy atom. The molecule has 1 aliphatic carbocycles. The topological polar surface area (TPSA) is 52.0 Å². The van der Waals surface area contributed by atoms with Gasteiger partial charge in [0.2, 0.25) is 0 Å². The van der Waals surface area contributed by atoms with Gasteiger partial charge in [0, 0.05) is 6.42 Å². The van der Waals surface area contributed by atoms with Gasteiger partial charge in [-0.2, -0.15) is 0 Å². The number of hydrogen-bond acceptors (Lipinski definition) is 2. The molecule has 1 aliphatic rings. The number of rotatable bonds is 0. The fourth-order valence-electron chi connectivity index (χ4n) is 2.36. The first-order valence-corrected chi connectivity index (χ1v) is 4.77. The Bertz CT molecular complexity index is 509. The number of benzene rings is 2. The zero-order valence-electron chi connectivity index (χ0n) is 7.83. The van der Waals surface area contributed by atoms with Crippen molar-refractivity contribution in [3.63, 3.8) is 0 Å². The van der Waals surface area contributed by atoms with Crippen molar-refractivity contribution in [1.82, 2.24) is 0 Å². The third kappa shape index (κ3) is 0.870. The third-order valence-electron chi connectivity index (χ3n) is 2.98. The van der Waals surface area contributed by atoms with Gasteiger partial charge in [-0.25, -0.2) is 0 Å². The molecule has 3 rings (SSSR count). The van der Waals surface area contributed by atoms with Crippen molar-refractivity contribution in [2.75, 3.05) is 0 Å². The van der Waals surface area contributed by atoms with E-state index in [1.165, 1.54) is 16.3 Å². The van der Waals surface area contributed by atoms with Crippen LogP contribution in [0.5, 0.6) is 0 Å². The first-order chi connectivity index (χ1) is 6.68. The molecule has 4 N–H and O–H groups in total. The minimum Gasteiger partial charge on any atom is -0.309 e. The zero-order valence-corrected chi connectivity index (χ0v) is 7.83. The molecule has 0 saturated carbocycles. The summed E-state index contributed by atoms with van der Waals surface area (Å²) >= 11 is 0. The number of nitrogens with two attached hydrogens (primary N) is 2. The van der Waals surface area contributed by atoms with Gasteiger partial charge in [0.15, 0.2) is 0 Å². The highest BCUT2D eigenvalue weighted by molar-refractivity contribution is 5.91. The van der Waals surface area contributed by atoms with Crippen LogP contribution in [0, 0.1) is 0 Å². The minimum atomic E-state index is -0.677. The summed E-state index contributed by atoms with van der Waals surface area (Å²) in [7, 11) is 0. The van der Waals surface area contributed by atoms with Crippen LogP contribution in [-0.4, -0.2) is 0 Å². The lowest BCUT2D eigenvalue weighted by atomic mass is 10.0. The molecule has 0 fully saturated rings. The molecule has 0 saturated heterocycles. The lowest BCUT2D eigenvalue weighted by molar-refractivity contribution is 0.482. The van der Waals surface area contributed by atoms with E-state index < -0.39 is 5.66 Å². The Kier molecular flexibility index (Phi) is 1.34. The minimum absolute atomic E-state index is 0.677. The lowest BCUT2D eigenvalue weighted by Gasteiger charge is -2.18. The Labute approximate surface area is 82.5 Å². The largest absolute Gasteiger partial charge is 0.309 e. The monoisotopic (exact) mass is 184 g/mol. The number of hydrogen-bond donors (Lipinski definition) is 2. The van der Waals surface area contributed by atoms with Crippen LogP contribution < -0.4 is 11.5 Å². The molecule has 0 radical (unpaired) electrons. The SMILES string of the molecule is NC1(N)Cc2cccc3cccc1c23. The van der Waals surface area contributed by atoms with E-state index in [1.807, 2.05) is 12.1 Å². The second kappa shape index (κ2) is 2.35. The summed E-state index contributed by atoms with van der Waals surface area (Å²) in [5.41, 5.74) is 13.8. The highest BCUT2D eigenvalue weighted by Crippen LogP contribution is 2.36. The van der Waals surface area contributed by atoms with Crippen LogP contribution in [0.25, 0.3) is 10.8 Å². The summed E-state index contributed by atoms with van der Waals surface area (Å²) in [5, 5.41) is 2.48. The Hall–Kier alpha value is -1.38. The van der Waals surface area contributed by atoms with E-state index in [2.05, 4.69) is 24.3 Å². The summed E-state index contributed by atoms with van der Waals surface area (Å²) < 4.78 is 0. The molecule has 0 amide bonds. The smallest absolute Gasteiger partial charge is 0.0947 e. The molecule has 0 spiro atoms. The van der Waals surface area contributed by atoms with E-state index in [0.29, 0.717) is 0 Å². The van der Waals surface area contributed by atoms with Gasteiger partial charge in [-0.05, 0) is 21.9 Å². The van der Waals surface area contributed by atoms with E-state index >= 15 is 0 Å². The highest BCUT2D eigenvalue weighted by atomic mass is 15.0. The van der Waals surface area contributed by atoms with Gasteiger partial charge in [-0.3, -0.25) is 0 Å². The fourth-order valence-corrected chi connectivity index (χ4v) is 2.36. The molecule has 14 heavy (non-hydrogen) atoms. The second-order valence-corrected chi connectivity index (χ2v) is 4.04. The Morgan fingerprint density at radius 1 is 1.00 bits per heavy atom. The van der Waals surface area contributed by atoms with Crippen molar-refractivity contribution in [2.24, 2.45) is 11.5 Å². The lowest BCUT2D eigenvalue weighted by Crippen LogP contribution is -2.45. The molecular formula is C12H12N2. The fraction of sp³-hybridized carbons (Fsp3) is 0.167. The molecule has 0 aromatic heterocycles. The van der Waals surface area contributed by atoms with E-state index in [1.54, 1.807) is 0 Å². The van der Waals surface area contributed by atoms with Gasteiger partial charge in [0.05, 0.1) is 5.66 Å². The van der Waals surface area contributed by atoms with Gasteiger partial charge >= 0.3 is 0 Å². The highest BCUT2D eigenvalue weighted by Gasteiger charge is 2.31. The molecule has 2 aromatic carbocycles. The van der Waals surface area contributed by atoms with Crippen molar-refractivity contribution in [1.29, 1.82) is 0 Å². The molecule has 70 valence electrons. The van der Waals surface area contributed by atoms with Crippen LogP contribution in [0.1, 0.15) is 11.1 Å². The zero-order chi connectivity index (χ0) is 9.76. The van der Waals surface area contributed by atoms with Crippen molar-refractivity contribution >= 4 is 10.8 Å². The van der Waals surface area contributed by atoms with E-state index in [4.69, 9.17) is 11.5 Å². The van der Waals surface area contributed by atoms with Crippen LogP contribution in [0.3, 0.4) is 0 Å². The summed E-state index contributed by atoms with van der Waals surface area (Å²) in [4.78, 5) is 0. The summed E-state index contributed by atoms with van der Waals surface area (Å²) in [6.07, 6.45) is 0.740. The molecule has 2 aromatic rings. The van der Waals surface area contributed by atoms with Crippen LogP contribution >= 0.6 is 0 Å². The van der Waals surface area contributed by atoms with Crippen molar-refractivity contribution < 1.29 is 0 Å². The molecule has 0 heterocycles. The van der Waals surface area contributed by atoms with E-state index in [0.717, 1.165) is 12.0 Å². The average molecular weight is 184 g/mol. The average Bonchev–Trinajstić information content (AvgIpc) is 2.41. The standard InChI is InChI=1S/C12H12N2/c13-12(14)7-9-5-1-3-8-4-2-6-10(12)11(8)9/h1-6H,7,13-14H2. The molecular weight excluding hydrogens is 172 g/mol. The molecule has 2 heteroatoms. The van der Waals surface area contributed by atoms with Crippen LogP contribution in [0.4, 0.5) is 0 Å². The normalized spacial score (nSPS) is 17.6. The van der Waals surface area contributed by atoms with Crippen molar-refractivity contribution in [3.8, 4) is 0 Å². The maximum atomic E-state index is 6.06. The summed E-state index contributed by atoms with van der Waals surface area (Å²) in [5.74, 6) is 0. The van der Waals surface area contributed by atoms with Gasteiger partial charge in [0.25, 0.3) is 0 Å². The van der Waals surface area contributed by atoms with E-state index in [9.17, 15) is 0 Å². The quantitative estimate of drug-likeness (QED) is 0.609. The van der Waals surface area contributed by atoms with Crippen molar-refractivity contribution in [3.05, 3.63) is 47.5 Å².